The number of primary amides is 1. The average Bonchev–Trinajstić information content (AvgIpc) is 3.02. The van der Waals surface area contributed by atoms with Gasteiger partial charge in [0.25, 0.3) is 5.91 Å². The number of carbonyl (C=O) groups excluding carboxylic acids is 2. The lowest BCUT2D eigenvalue weighted by Crippen LogP contribution is -2.40. The summed E-state index contributed by atoms with van der Waals surface area (Å²) >= 11 is 3.25. The van der Waals surface area contributed by atoms with E-state index < -0.39 is 0 Å². The van der Waals surface area contributed by atoms with Gasteiger partial charge in [0.15, 0.2) is 0 Å². The number of hydrogen-bond acceptors (Lipinski definition) is 2. The molecule has 0 aromatic heterocycles. The first-order chi connectivity index (χ1) is 8.06. The zero-order valence-corrected chi connectivity index (χ0v) is 10.6. The predicted octanol–water partition coefficient (Wildman–Crippen LogP) is 1.20. The van der Waals surface area contributed by atoms with Gasteiger partial charge < -0.3 is 5.73 Å². The molecule has 2 amide bonds. The Hall–Kier alpha value is -1.36. The molecule has 2 aliphatic rings. The minimum atomic E-state index is -0.282. The summed E-state index contributed by atoms with van der Waals surface area (Å²) in [5, 5.41) is 0. The molecule has 1 aromatic rings. The molecule has 1 aromatic carbocycles. The Morgan fingerprint density at radius 2 is 2.18 bits per heavy atom. The van der Waals surface area contributed by atoms with Gasteiger partial charge in [-0.15, -0.1) is 0 Å². The summed E-state index contributed by atoms with van der Waals surface area (Å²) in [4.78, 5) is 23.3. The van der Waals surface area contributed by atoms with E-state index in [0.717, 1.165) is 12.0 Å². The lowest BCUT2D eigenvalue weighted by molar-refractivity contribution is -0.119. The van der Waals surface area contributed by atoms with Crippen LogP contribution in [-0.2, 0) is 10.2 Å². The Labute approximate surface area is 107 Å². The minimum absolute atomic E-state index is 0.0543. The lowest BCUT2D eigenvalue weighted by Gasteiger charge is -2.31. The summed E-state index contributed by atoms with van der Waals surface area (Å²) in [5.74, 6) is -0.492. The van der Waals surface area contributed by atoms with Crippen LogP contribution in [0.25, 0.3) is 0 Å². The molecule has 1 spiro atoms. The maximum atomic E-state index is 12.0. The molecular weight excluding hydrogens is 284 g/mol. The highest BCUT2D eigenvalue weighted by Gasteiger charge is 2.62. The summed E-state index contributed by atoms with van der Waals surface area (Å²) in [5.41, 5.74) is 6.75. The van der Waals surface area contributed by atoms with Crippen LogP contribution in [0, 0.1) is 5.92 Å². The number of rotatable bonds is 1. The molecule has 2 N–H and O–H groups in total. The zero-order chi connectivity index (χ0) is 12.2. The fraction of sp³-hybridized carbons (Fsp3) is 0.333. The molecule has 4 nitrogen and oxygen atoms in total. The molecule has 1 aliphatic carbocycles. The van der Waals surface area contributed by atoms with Crippen molar-refractivity contribution in [1.82, 2.24) is 3.93 Å². The van der Waals surface area contributed by atoms with Crippen LogP contribution in [0.15, 0.2) is 24.3 Å². The molecule has 0 bridgehead atoms. The van der Waals surface area contributed by atoms with E-state index in [2.05, 4.69) is 16.1 Å². The zero-order valence-electron chi connectivity index (χ0n) is 9.02. The standard InChI is InChI=1S/C12H11BrN2O2/c13-15-6-12(5-9(12)10(14)16)8-4-2-1-3-7(8)11(15)17/h1-4,9H,5-6H2,(H2,14,16). The van der Waals surface area contributed by atoms with E-state index in [9.17, 15) is 9.59 Å². The van der Waals surface area contributed by atoms with Crippen LogP contribution in [0.2, 0.25) is 0 Å². The number of nitrogens with zero attached hydrogens (tertiary/aromatic N) is 1. The third-order valence-corrected chi connectivity index (χ3v) is 4.33. The molecule has 0 saturated heterocycles. The molecule has 1 aliphatic heterocycles. The summed E-state index contributed by atoms with van der Waals surface area (Å²) in [6, 6.07) is 7.45. The lowest BCUT2D eigenvalue weighted by atomic mass is 9.85. The highest BCUT2D eigenvalue weighted by atomic mass is 79.9. The van der Waals surface area contributed by atoms with Gasteiger partial charge in [-0.2, -0.15) is 0 Å². The van der Waals surface area contributed by atoms with Gasteiger partial charge in [-0.05, 0) is 18.1 Å². The van der Waals surface area contributed by atoms with Gasteiger partial charge in [-0.25, -0.2) is 0 Å². The van der Waals surface area contributed by atoms with Gasteiger partial charge in [0.2, 0.25) is 5.91 Å². The molecule has 88 valence electrons. The van der Waals surface area contributed by atoms with Gasteiger partial charge >= 0.3 is 0 Å². The van der Waals surface area contributed by atoms with Crippen molar-refractivity contribution in [2.24, 2.45) is 11.7 Å². The molecular formula is C12H11BrN2O2. The highest BCUT2D eigenvalue weighted by molar-refractivity contribution is 9.07. The molecule has 2 atom stereocenters. The number of nitrogens with two attached hydrogens (primary N) is 1. The number of carbonyl (C=O) groups is 2. The predicted molar refractivity (Wildman–Crippen MR) is 65.4 cm³/mol. The Balaban J connectivity index is 2.13. The smallest absolute Gasteiger partial charge is 0.264 e. The molecule has 1 saturated carbocycles. The molecule has 17 heavy (non-hydrogen) atoms. The molecule has 3 rings (SSSR count). The van der Waals surface area contributed by atoms with Crippen molar-refractivity contribution in [3.8, 4) is 0 Å². The molecule has 1 heterocycles. The van der Waals surface area contributed by atoms with Crippen LogP contribution in [-0.4, -0.2) is 22.3 Å². The topological polar surface area (TPSA) is 63.4 Å². The number of benzene rings is 1. The van der Waals surface area contributed by atoms with E-state index in [-0.39, 0.29) is 23.1 Å². The third kappa shape index (κ3) is 1.35. The second-order valence-corrected chi connectivity index (χ2v) is 5.54. The molecule has 1 fully saturated rings. The quantitative estimate of drug-likeness (QED) is 0.791. The first kappa shape index (κ1) is 10.8. The monoisotopic (exact) mass is 294 g/mol. The van der Waals surface area contributed by atoms with Crippen molar-refractivity contribution in [2.75, 3.05) is 6.54 Å². The number of hydrogen-bond donors (Lipinski definition) is 1. The number of amides is 2. The van der Waals surface area contributed by atoms with Crippen LogP contribution in [0.4, 0.5) is 0 Å². The second kappa shape index (κ2) is 3.32. The number of halogens is 1. The number of fused-ring (bicyclic) bond motifs is 2. The third-order valence-electron chi connectivity index (χ3n) is 3.75. The van der Waals surface area contributed by atoms with E-state index in [1.54, 1.807) is 6.07 Å². The first-order valence-electron chi connectivity index (χ1n) is 5.43. The Morgan fingerprint density at radius 1 is 1.47 bits per heavy atom. The summed E-state index contributed by atoms with van der Waals surface area (Å²) in [7, 11) is 0. The SMILES string of the molecule is NC(=O)C1CC12CN(Br)C(=O)c1ccccc12. The van der Waals surface area contributed by atoms with E-state index in [4.69, 9.17) is 5.73 Å². The second-order valence-electron chi connectivity index (χ2n) is 4.69. The van der Waals surface area contributed by atoms with Crippen molar-refractivity contribution >= 4 is 28.0 Å². The average molecular weight is 295 g/mol. The fourth-order valence-corrected chi connectivity index (χ4v) is 3.43. The normalized spacial score (nSPS) is 30.3. The van der Waals surface area contributed by atoms with Gasteiger partial charge in [-0.1, -0.05) is 18.2 Å². The Bertz CT molecular complexity index is 531. The Morgan fingerprint density at radius 3 is 2.82 bits per heavy atom. The molecule has 0 radical (unpaired) electrons. The summed E-state index contributed by atoms with van der Waals surface area (Å²) < 4.78 is 1.50. The van der Waals surface area contributed by atoms with Crippen LogP contribution in [0.5, 0.6) is 0 Å². The Kier molecular flexibility index (Phi) is 2.10. The maximum absolute atomic E-state index is 12.0. The van der Waals surface area contributed by atoms with Crippen molar-refractivity contribution in [1.29, 1.82) is 0 Å². The summed E-state index contributed by atoms with van der Waals surface area (Å²) in [6.45, 7) is 0.510. The van der Waals surface area contributed by atoms with E-state index >= 15 is 0 Å². The minimum Gasteiger partial charge on any atom is -0.369 e. The van der Waals surface area contributed by atoms with Crippen molar-refractivity contribution in [3.63, 3.8) is 0 Å². The van der Waals surface area contributed by atoms with Gasteiger partial charge in [-0.3, -0.25) is 13.5 Å². The largest absolute Gasteiger partial charge is 0.369 e. The van der Waals surface area contributed by atoms with Crippen molar-refractivity contribution in [2.45, 2.75) is 11.8 Å². The fourth-order valence-electron chi connectivity index (χ4n) is 2.79. The van der Waals surface area contributed by atoms with E-state index in [1.807, 2.05) is 18.2 Å². The molecule has 5 heteroatoms. The van der Waals surface area contributed by atoms with Crippen LogP contribution >= 0.6 is 16.1 Å². The van der Waals surface area contributed by atoms with Crippen LogP contribution in [0.3, 0.4) is 0 Å². The molecule has 2 unspecified atom stereocenters. The van der Waals surface area contributed by atoms with Gasteiger partial charge in [0.05, 0.1) is 22.1 Å². The van der Waals surface area contributed by atoms with Gasteiger partial charge in [0, 0.05) is 17.5 Å². The van der Waals surface area contributed by atoms with E-state index in [0.29, 0.717) is 12.1 Å². The van der Waals surface area contributed by atoms with Crippen molar-refractivity contribution in [3.05, 3.63) is 35.4 Å². The highest BCUT2D eigenvalue weighted by Crippen LogP contribution is 2.57. The van der Waals surface area contributed by atoms with Crippen LogP contribution < -0.4 is 5.73 Å². The van der Waals surface area contributed by atoms with Gasteiger partial charge in [0.1, 0.15) is 0 Å². The maximum Gasteiger partial charge on any atom is 0.264 e. The summed E-state index contributed by atoms with van der Waals surface area (Å²) in [6.07, 6.45) is 0.731. The first-order valence-corrected chi connectivity index (χ1v) is 6.14. The van der Waals surface area contributed by atoms with Crippen LogP contribution in [0.1, 0.15) is 22.3 Å². The van der Waals surface area contributed by atoms with Crippen molar-refractivity contribution < 1.29 is 9.59 Å². The van der Waals surface area contributed by atoms with E-state index in [1.165, 1.54) is 3.93 Å².